The van der Waals surface area contributed by atoms with E-state index in [1.807, 2.05) is 6.07 Å². The normalized spacial score (nSPS) is 12.8. The first-order chi connectivity index (χ1) is 8.73. The van der Waals surface area contributed by atoms with Gasteiger partial charge in [-0.15, -0.1) is 0 Å². The molecule has 0 aliphatic carbocycles. The van der Waals surface area contributed by atoms with Crippen LogP contribution in [0.5, 0.6) is 0 Å². The lowest BCUT2D eigenvalue weighted by molar-refractivity contribution is -0.149. The van der Waals surface area contributed by atoms with Gasteiger partial charge in [0.15, 0.2) is 0 Å². The second-order valence-corrected chi connectivity index (χ2v) is 5.38. The molecule has 1 aromatic rings. The number of carbonyl (C=O) groups excluding carboxylic acids is 1. The molecule has 1 atom stereocenters. The Bertz CT molecular complexity index is 452. The highest BCUT2D eigenvalue weighted by Crippen LogP contribution is 2.19. The van der Waals surface area contributed by atoms with Crippen molar-refractivity contribution in [3.63, 3.8) is 0 Å². The second kappa shape index (κ2) is 5.84. The molecule has 19 heavy (non-hydrogen) atoms. The van der Waals surface area contributed by atoms with Crippen molar-refractivity contribution >= 4 is 11.9 Å². The van der Waals surface area contributed by atoms with Crippen LogP contribution in [-0.2, 0) is 9.59 Å². The van der Waals surface area contributed by atoms with E-state index < -0.39 is 17.6 Å². The van der Waals surface area contributed by atoms with Crippen LogP contribution in [0.1, 0.15) is 32.4 Å². The molecule has 0 aromatic heterocycles. The van der Waals surface area contributed by atoms with Gasteiger partial charge < -0.3 is 15.7 Å². The molecule has 3 N–H and O–H groups in total. The summed E-state index contributed by atoms with van der Waals surface area (Å²) in [5.41, 5.74) is 6.01. The van der Waals surface area contributed by atoms with E-state index in [-0.39, 0.29) is 12.5 Å². The zero-order valence-corrected chi connectivity index (χ0v) is 11.5. The molecule has 0 unspecified atom stereocenters. The van der Waals surface area contributed by atoms with E-state index in [0.717, 1.165) is 0 Å². The number of carbonyl (C=O) groups is 2. The van der Waals surface area contributed by atoms with Gasteiger partial charge in [-0.3, -0.25) is 9.59 Å². The van der Waals surface area contributed by atoms with Crippen LogP contribution in [0, 0.1) is 0 Å². The van der Waals surface area contributed by atoms with Gasteiger partial charge in [0.1, 0.15) is 12.6 Å². The average molecular weight is 264 g/mol. The molecule has 1 amide bonds. The van der Waals surface area contributed by atoms with Crippen molar-refractivity contribution in [2.45, 2.75) is 32.4 Å². The van der Waals surface area contributed by atoms with Crippen LogP contribution in [-0.4, -0.2) is 34.0 Å². The number of nitrogens with two attached hydrogens (primary N) is 1. The van der Waals surface area contributed by atoms with Crippen LogP contribution in [0.3, 0.4) is 0 Å². The number of amides is 1. The summed E-state index contributed by atoms with van der Waals surface area (Å²) in [7, 11) is 0. The molecule has 0 saturated heterocycles. The minimum absolute atomic E-state index is 0.358. The number of carboxylic acids is 1. The first kappa shape index (κ1) is 15.2. The van der Waals surface area contributed by atoms with E-state index in [1.54, 1.807) is 45.0 Å². The Morgan fingerprint density at radius 3 is 2.21 bits per heavy atom. The van der Waals surface area contributed by atoms with Crippen molar-refractivity contribution in [2.75, 3.05) is 6.54 Å². The summed E-state index contributed by atoms with van der Waals surface area (Å²) in [6.45, 7) is 4.99. The highest BCUT2D eigenvalue weighted by Gasteiger charge is 2.32. The molecule has 0 aliphatic heterocycles. The largest absolute Gasteiger partial charge is 0.480 e. The van der Waals surface area contributed by atoms with Gasteiger partial charge in [-0.05, 0) is 26.3 Å². The third-order valence-corrected chi connectivity index (χ3v) is 2.79. The smallest absolute Gasteiger partial charge is 0.323 e. The summed E-state index contributed by atoms with van der Waals surface area (Å²) in [5.74, 6) is -1.44. The van der Waals surface area contributed by atoms with Gasteiger partial charge in [0, 0.05) is 5.54 Å². The lowest BCUT2D eigenvalue weighted by Crippen LogP contribution is -2.51. The molecule has 0 radical (unpaired) electrons. The van der Waals surface area contributed by atoms with Gasteiger partial charge in [-0.25, -0.2) is 0 Å². The minimum atomic E-state index is -1.05. The molecule has 5 heteroatoms. The Morgan fingerprint density at radius 1 is 1.26 bits per heavy atom. The predicted octanol–water partition coefficient (Wildman–Crippen LogP) is 1.40. The van der Waals surface area contributed by atoms with Crippen LogP contribution in [0.15, 0.2) is 30.3 Å². The lowest BCUT2D eigenvalue weighted by atomic mass is 10.0. The minimum Gasteiger partial charge on any atom is -0.480 e. The van der Waals surface area contributed by atoms with Crippen molar-refractivity contribution in [3.05, 3.63) is 35.9 Å². The van der Waals surface area contributed by atoms with E-state index in [2.05, 4.69) is 0 Å². The maximum absolute atomic E-state index is 12.4. The van der Waals surface area contributed by atoms with Gasteiger partial charge in [-0.2, -0.15) is 0 Å². The van der Waals surface area contributed by atoms with E-state index >= 15 is 0 Å². The van der Waals surface area contributed by atoms with Crippen molar-refractivity contribution in [1.82, 2.24) is 4.90 Å². The van der Waals surface area contributed by atoms with Crippen LogP contribution in [0.25, 0.3) is 0 Å². The number of hydrogen-bond acceptors (Lipinski definition) is 3. The maximum Gasteiger partial charge on any atom is 0.323 e. The van der Waals surface area contributed by atoms with Gasteiger partial charge >= 0.3 is 5.97 Å². The molecule has 104 valence electrons. The Morgan fingerprint density at radius 2 is 1.79 bits per heavy atom. The maximum atomic E-state index is 12.4. The van der Waals surface area contributed by atoms with Crippen LogP contribution < -0.4 is 5.73 Å². The third kappa shape index (κ3) is 4.06. The summed E-state index contributed by atoms with van der Waals surface area (Å²) in [6, 6.07) is 8.08. The predicted molar refractivity (Wildman–Crippen MR) is 72.5 cm³/mol. The van der Waals surface area contributed by atoms with E-state index in [1.165, 1.54) is 4.90 Å². The summed E-state index contributed by atoms with van der Waals surface area (Å²) >= 11 is 0. The monoisotopic (exact) mass is 264 g/mol. The molecule has 1 aromatic carbocycles. The molecular formula is C14H20N2O3. The van der Waals surface area contributed by atoms with Crippen molar-refractivity contribution < 1.29 is 14.7 Å². The quantitative estimate of drug-likeness (QED) is 0.861. The number of benzene rings is 1. The Hall–Kier alpha value is -1.88. The summed E-state index contributed by atoms with van der Waals surface area (Å²) in [4.78, 5) is 24.5. The molecule has 0 fully saturated rings. The van der Waals surface area contributed by atoms with E-state index in [0.29, 0.717) is 5.56 Å². The highest BCUT2D eigenvalue weighted by molar-refractivity contribution is 5.86. The molecule has 0 aliphatic rings. The fourth-order valence-corrected chi connectivity index (χ4v) is 1.75. The summed E-state index contributed by atoms with van der Waals surface area (Å²) in [6.07, 6.45) is 0. The fraction of sp³-hybridized carbons (Fsp3) is 0.429. The second-order valence-electron chi connectivity index (χ2n) is 5.38. The van der Waals surface area contributed by atoms with Gasteiger partial charge in [0.25, 0.3) is 0 Å². The van der Waals surface area contributed by atoms with Crippen molar-refractivity contribution in [2.24, 2.45) is 5.73 Å². The standard InChI is InChI=1S/C14H20N2O3/c1-14(2,3)16(9-11(17)18)13(19)12(15)10-7-5-4-6-8-10/h4-8,12H,9,15H2,1-3H3,(H,17,18)/t12-/m1/s1. The number of aliphatic carboxylic acids is 1. The SMILES string of the molecule is CC(C)(C)N(CC(=O)O)C(=O)[C@H](N)c1ccccc1. The van der Waals surface area contributed by atoms with Crippen molar-refractivity contribution in [1.29, 1.82) is 0 Å². The van der Waals surface area contributed by atoms with Gasteiger partial charge in [0.2, 0.25) is 5.91 Å². The number of nitrogens with zero attached hydrogens (tertiary/aromatic N) is 1. The van der Waals surface area contributed by atoms with E-state index in [9.17, 15) is 9.59 Å². The average Bonchev–Trinajstić information content (AvgIpc) is 2.34. The summed E-state index contributed by atoms with van der Waals surface area (Å²) in [5, 5.41) is 8.91. The van der Waals surface area contributed by atoms with Crippen LogP contribution in [0.2, 0.25) is 0 Å². The molecule has 0 spiro atoms. The summed E-state index contributed by atoms with van der Waals surface area (Å²) < 4.78 is 0. The number of rotatable bonds is 4. The highest BCUT2D eigenvalue weighted by atomic mass is 16.4. The van der Waals surface area contributed by atoms with Crippen LogP contribution >= 0.6 is 0 Å². The molecule has 1 rings (SSSR count). The first-order valence-corrected chi connectivity index (χ1v) is 6.07. The Balaban J connectivity index is 2.97. The topological polar surface area (TPSA) is 83.6 Å². The van der Waals surface area contributed by atoms with Crippen LogP contribution in [0.4, 0.5) is 0 Å². The van der Waals surface area contributed by atoms with Gasteiger partial charge in [-0.1, -0.05) is 30.3 Å². The molecule has 5 nitrogen and oxygen atoms in total. The zero-order chi connectivity index (χ0) is 14.6. The first-order valence-electron chi connectivity index (χ1n) is 6.07. The molecule has 0 saturated carbocycles. The number of hydrogen-bond donors (Lipinski definition) is 2. The molecular weight excluding hydrogens is 244 g/mol. The molecule has 0 bridgehead atoms. The Labute approximate surface area is 113 Å². The molecule has 0 heterocycles. The third-order valence-electron chi connectivity index (χ3n) is 2.79. The lowest BCUT2D eigenvalue weighted by Gasteiger charge is -2.36. The fourth-order valence-electron chi connectivity index (χ4n) is 1.75. The Kier molecular flexibility index (Phi) is 4.67. The van der Waals surface area contributed by atoms with E-state index in [4.69, 9.17) is 10.8 Å². The zero-order valence-electron chi connectivity index (χ0n) is 11.5. The van der Waals surface area contributed by atoms with Crippen molar-refractivity contribution in [3.8, 4) is 0 Å². The van der Waals surface area contributed by atoms with Gasteiger partial charge in [0.05, 0.1) is 0 Å². The number of carboxylic acid groups (broad SMARTS) is 1.